The van der Waals surface area contributed by atoms with Crippen molar-refractivity contribution in [2.24, 2.45) is 0 Å². The van der Waals surface area contributed by atoms with Gasteiger partial charge in [0, 0.05) is 6.04 Å². The first kappa shape index (κ1) is 16.3. The van der Waals surface area contributed by atoms with Crippen LogP contribution in [-0.4, -0.2) is 27.2 Å². The van der Waals surface area contributed by atoms with Crippen molar-refractivity contribution in [3.63, 3.8) is 0 Å². The molecule has 0 radical (unpaired) electrons. The molecule has 1 aromatic heterocycles. The first-order chi connectivity index (χ1) is 11.8. The number of hydrogen-bond donors (Lipinski definition) is 1. The van der Waals surface area contributed by atoms with E-state index in [-0.39, 0.29) is 0 Å². The predicted octanol–water partition coefficient (Wildman–Crippen LogP) is 3.30. The van der Waals surface area contributed by atoms with Crippen molar-refractivity contribution in [3.05, 3.63) is 47.8 Å². The Hall–Kier alpha value is -2.18. The normalized spacial score (nSPS) is 21.4. The van der Waals surface area contributed by atoms with E-state index in [0.29, 0.717) is 17.7 Å². The van der Waals surface area contributed by atoms with Gasteiger partial charge >= 0.3 is 0 Å². The lowest BCUT2D eigenvalue weighted by Crippen LogP contribution is -2.41. The Morgan fingerprint density at radius 1 is 0.960 bits per heavy atom. The summed E-state index contributed by atoms with van der Waals surface area (Å²) in [4.78, 5) is 20.6. The molecule has 1 saturated heterocycles. The van der Waals surface area contributed by atoms with E-state index in [1.807, 2.05) is 27.7 Å². The van der Waals surface area contributed by atoms with Crippen molar-refractivity contribution < 1.29 is 9.68 Å². The minimum absolute atomic E-state index is 0.334. The first-order valence-corrected chi connectivity index (χ1v) is 8.68. The monoisotopic (exact) mass is 340 g/mol. The molecule has 1 N–H and O–H groups in total. The highest BCUT2D eigenvalue weighted by atomic mass is 17.0. The second-order valence-electron chi connectivity index (χ2n) is 7.74. The van der Waals surface area contributed by atoms with Crippen molar-refractivity contribution >= 4 is 11.6 Å². The van der Waals surface area contributed by atoms with Crippen LogP contribution in [-0.2, 0) is 22.5 Å². The minimum atomic E-state index is -0.431. The fourth-order valence-electron chi connectivity index (χ4n) is 3.09. The quantitative estimate of drug-likeness (QED) is 0.925. The standard InChI is InChI=1S/C19H24N4O2/c1-18(2)19(3,4)25-23(24-18)16-11-20-17(21-12-16)22-15-9-13-7-5-6-8-14(13)10-15/h5-8,11-12,15H,9-10H2,1-4H3,(H,20,21,22). The van der Waals surface area contributed by atoms with Crippen LogP contribution in [0.1, 0.15) is 38.8 Å². The predicted molar refractivity (Wildman–Crippen MR) is 96.1 cm³/mol. The van der Waals surface area contributed by atoms with Crippen LogP contribution in [0.5, 0.6) is 0 Å². The van der Waals surface area contributed by atoms with Crippen LogP contribution in [0.3, 0.4) is 0 Å². The number of aromatic nitrogens is 2. The Balaban J connectivity index is 1.42. The number of nitrogens with one attached hydrogen (secondary N) is 1. The minimum Gasteiger partial charge on any atom is -0.351 e. The van der Waals surface area contributed by atoms with Crippen molar-refractivity contribution in [2.45, 2.75) is 57.8 Å². The van der Waals surface area contributed by atoms with E-state index in [1.54, 1.807) is 12.4 Å². The summed E-state index contributed by atoms with van der Waals surface area (Å²) in [5.74, 6) is 0.624. The summed E-state index contributed by atoms with van der Waals surface area (Å²) < 4.78 is 0. The number of anilines is 2. The third-order valence-electron chi connectivity index (χ3n) is 5.31. The number of hydrogen-bond acceptors (Lipinski definition) is 6. The molecular weight excluding hydrogens is 316 g/mol. The molecule has 6 nitrogen and oxygen atoms in total. The molecule has 0 spiro atoms. The molecule has 2 aliphatic rings. The molecule has 1 fully saturated rings. The highest BCUT2D eigenvalue weighted by Gasteiger charge is 2.50. The zero-order valence-corrected chi connectivity index (χ0v) is 15.1. The number of benzene rings is 1. The van der Waals surface area contributed by atoms with Crippen LogP contribution in [0.25, 0.3) is 0 Å². The zero-order valence-electron chi connectivity index (χ0n) is 15.1. The lowest BCUT2D eigenvalue weighted by atomic mass is 9.90. The number of nitrogens with zero attached hydrogens (tertiary/aromatic N) is 3. The molecule has 0 bridgehead atoms. The Morgan fingerprint density at radius 2 is 1.48 bits per heavy atom. The van der Waals surface area contributed by atoms with E-state index in [9.17, 15) is 0 Å². The van der Waals surface area contributed by atoms with Gasteiger partial charge in [-0.25, -0.2) is 19.6 Å². The van der Waals surface area contributed by atoms with Gasteiger partial charge in [0.25, 0.3) is 0 Å². The average molecular weight is 340 g/mol. The molecule has 4 rings (SSSR count). The Morgan fingerprint density at radius 3 is 2.00 bits per heavy atom. The molecule has 2 heterocycles. The molecule has 0 atom stereocenters. The summed E-state index contributed by atoms with van der Waals surface area (Å²) in [5.41, 5.74) is 2.62. The third kappa shape index (κ3) is 2.96. The molecule has 1 aromatic carbocycles. The summed E-state index contributed by atoms with van der Waals surface area (Å²) in [5, 5.41) is 4.83. The highest BCUT2D eigenvalue weighted by molar-refractivity contribution is 5.43. The van der Waals surface area contributed by atoms with Crippen molar-refractivity contribution in [1.29, 1.82) is 0 Å². The van der Waals surface area contributed by atoms with Crippen LogP contribution < -0.4 is 10.5 Å². The smallest absolute Gasteiger partial charge is 0.222 e. The van der Waals surface area contributed by atoms with Gasteiger partial charge in [0.1, 0.15) is 16.9 Å². The SMILES string of the molecule is CC1(C)ON(c2cnc(NC3Cc4ccccc4C3)nc2)OC1(C)C. The largest absolute Gasteiger partial charge is 0.351 e. The number of rotatable bonds is 3. The van der Waals surface area contributed by atoms with Crippen molar-refractivity contribution in [3.8, 4) is 0 Å². The fourth-order valence-corrected chi connectivity index (χ4v) is 3.09. The molecule has 0 unspecified atom stereocenters. The Labute approximate surface area is 148 Å². The van der Waals surface area contributed by atoms with Gasteiger partial charge in [0.2, 0.25) is 5.95 Å². The topological polar surface area (TPSA) is 59.5 Å². The maximum atomic E-state index is 5.88. The lowest BCUT2D eigenvalue weighted by Gasteiger charge is -2.26. The van der Waals surface area contributed by atoms with E-state index < -0.39 is 11.2 Å². The maximum Gasteiger partial charge on any atom is 0.222 e. The van der Waals surface area contributed by atoms with Gasteiger partial charge < -0.3 is 5.32 Å². The second-order valence-corrected chi connectivity index (χ2v) is 7.74. The molecular formula is C19H24N4O2. The van der Waals surface area contributed by atoms with Crippen LogP contribution in [0.2, 0.25) is 0 Å². The van der Waals surface area contributed by atoms with E-state index in [4.69, 9.17) is 9.68 Å². The van der Waals surface area contributed by atoms with E-state index in [1.165, 1.54) is 16.4 Å². The number of fused-ring (bicyclic) bond motifs is 1. The Bertz CT molecular complexity index is 732. The molecule has 6 heteroatoms. The van der Waals surface area contributed by atoms with Crippen LogP contribution in [0, 0.1) is 0 Å². The molecule has 1 aliphatic heterocycles. The van der Waals surface area contributed by atoms with Gasteiger partial charge in [-0.1, -0.05) is 24.3 Å². The summed E-state index contributed by atoms with van der Waals surface area (Å²) in [6.07, 6.45) is 5.44. The van der Waals surface area contributed by atoms with Gasteiger partial charge in [-0.15, -0.1) is 5.23 Å². The van der Waals surface area contributed by atoms with Crippen molar-refractivity contribution in [1.82, 2.24) is 9.97 Å². The van der Waals surface area contributed by atoms with E-state index >= 15 is 0 Å². The lowest BCUT2D eigenvalue weighted by molar-refractivity contribution is -0.0275. The molecule has 0 saturated carbocycles. The fraction of sp³-hybridized carbons (Fsp3) is 0.474. The summed E-state index contributed by atoms with van der Waals surface area (Å²) in [6, 6.07) is 8.89. The molecule has 0 amide bonds. The van der Waals surface area contributed by atoms with Gasteiger partial charge in [-0.3, -0.25) is 0 Å². The molecule has 132 valence electrons. The molecule has 1 aliphatic carbocycles. The van der Waals surface area contributed by atoms with E-state index in [0.717, 1.165) is 12.8 Å². The zero-order chi connectivity index (χ0) is 17.7. The second kappa shape index (κ2) is 5.68. The van der Waals surface area contributed by atoms with Gasteiger partial charge in [-0.05, 0) is 51.7 Å². The summed E-state index contributed by atoms with van der Waals surface area (Å²) >= 11 is 0. The average Bonchev–Trinajstić information content (AvgIpc) is 3.05. The van der Waals surface area contributed by atoms with Gasteiger partial charge in [0.15, 0.2) is 0 Å². The van der Waals surface area contributed by atoms with Crippen molar-refractivity contribution in [2.75, 3.05) is 10.5 Å². The van der Waals surface area contributed by atoms with E-state index in [2.05, 4.69) is 39.6 Å². The van der Waals surface area contributed by atoms with Crippen LogP contribution >= 0.6 is 0 Å². The van der Waals surface area contributed by atoms with Gasteiger partial charge in [0.05, 0.1) is 12.4 Å². The third-order valence-corrected chi connectivity index (χ3v) is 5.31. The van der Waals surface area contributed by atoms with Crippen LogP contribution in [0.15, 0.2) is 36.7 Å². The van der Waals surface area contributed by atoms with Gasteiger partial charge in [-0.2, -0.15) is 0 Å². The summed E-state index contributed by atoms with van der Waals surface area (Å²) in [6.45, 7) is 8.01. The molecule has 2 aromatic rings. The molecule has 25 heavy (non-hydrogen) atoms. The first-order valence-electron chi connectivity index (χ1n) is 8.68. The maximum absolute atomic E-state index is 5.88. The van der Waals surface area contributed by atoms with Crippen LogP contribution in [0.4, 0.5) is 11.6 Å². The summed E-state index contributed by atoms with van der Waals surface area (Å²) in [7, 11) is 0. The highest BCUT2D eigenvalue weighted by Crippen LogP contribution is 2.39. The Kier molecular flexibility index (Phi) is 3.70.